The van der Waals surface area contributed by atoms with Crippen LogP contribution in [0, 0.1) is 0 Å². The molecular weight excluding hydrogens is 234 g/mol. The second kappa shape index (κ2) is 5.56. The average molecular weight is 252 g/mol. The van der Waals surface area contributed by atoms with Crippen molar-refractivity contribution in [3.8, 4) is 5.75 Å². The number of rotatable bonds is 4. The summed E-state index contributed by atoms with van der Waals surface area (Å²) < 4.78 is 5.68. The van der Waals surface area contributed by atoms with Crippen LogP contribution in [-0.2, 0) is 12.8 Å². The van der Waals surface area contributed by atoms with Crippen molar-refractivity contribution in [2.24, 2.45) is 5.73 Å². The van der Waals surface area contributed by atoms with Crippen LogP contribution in [0.5, 0.6) is 5.75 Å². The predicted molar refractivity (Wildman–Crippen MR) is 71.8 cm³/mol. The van der Waals surface area contributed by atoms with E-state index in [1.54, 1.807) is 0 Å². The van der Waals surface area contributed by atoms with Gasteiger partial charge in [-0.25, -0.2) is 0 Å². The number of benzene rings is 1. The lowest BCUT2D eigenvalue weighted by atomic mass is 10.0. The topological polar surface area (TPSA) is 35.2 Å². The molecule has 0 radical (unpaired) electrons. The molecule has 1 heterocycles. The summed E-state index contributed by atoms with van der Waals surface area (Å²) in [7, 11) is 0. The molecule has 2 nitrogen and oxygen atoms in total. The summed E-state index contributed by atoms with van der Waals surface area (Å²) in [6.45, 7) is 3.59. The highest BCUT2D eigenvalue weighted by molar-refractivity contribution is 6.30. The molecule has 0 aromatic heterocycles. The summed E-state index contributed by atoms with van der Waals surface area (Å²) in [5.41, 5.74) is 9.24. The predicted octanol–water partition coefficient (Wildman–Crippen LogP) is 3.11. The van der Waals surface area contributed by atoms with Crippen molar-refractivity contribution < 1.29 is 4.74 Å². The second-order valence-electron chi connectivity index (χ2n) is 4.46. The normalized spacial score (nSPS) is 14.6. The monoisotopic (exact) mass is 251 g/mol. The van der Waals surface area contributed by atoms with E-state index in [9.17, 15) is 0 Å². The number of ether oxygens (including phenoxy) is 1. The lowest BCUT2D eigenvalue weighted by molar-refractivity contribution is 0.354. The van der Waals surface area contributed by atoms with Crippen LogP contribution in [0.3, 0.4) is 0 Å². The molecule has 0 spiro atoms. The first-order valence-corrected chi connectivity index (χ1v) is 6.38. The van der Waals surface area contributed by atoms with Gasteiger partial charge in [0.1, 0.15) is 5.75 Å². The van der Waals surface area contributed by atoms with Gasteiger partial charge in [0.15, 0.2) is 0 Å². The largest absolute Gasteiger partial charge is 0.493 e. The minimum absolute atomic E-state index is 0.696. The van der Waals surface area contributed by atoms with Crippen LogP contribution in [0.25, 0.3) is 0 Å². The van der Waals surface area contributed by atoms with Gasteiger partial charge in [-0.05, 0) is 49.6 Å². The maximum Gasteiger partial charge on any atom is 0.126 e. The molecule has 0 saturated carbocycles. The lowest BCUT2D eigenvalue weighted by Crippen LogP contribution is -1.97. The number of allylic oxidation sites excluding steroid dienone is 1. The Bertz CT molecular complexity index is 440. The third-order valence-electron chi connectivity index (χ3n) is 2.95. The zero-order valence-corrected chi connectivity index (χ0v) is 10.9. The molecule has 0 amide bonds. The van der Waals surface area contributed by atoms with E-state index < -0.39 is 0 Å². The molecule has 2 rings (SSSR count). The van der Waals surface area contributed by atoms with Gasteiger partial charge in [0, 0.05) is 11.4 Å². The standard InChI is InChI=1S/C14H18ClNO/c1-10(3-2-5-16)7-12-9-13(15)8-11-4-6-17-14(11)12/h3,8-9H,2,4-7,16H2,1H3/b10-3-. The van der Waals surface area contributed by atoms with Crippen LogP contribution in [0.4, 0.5) is 0 Å². The van der Waals surface area contributed by atoms with Gasteiger partial charge in [-0.15, -0.1) is 0 Å². The Hall–Kier alpha value is -0.990. The third kappa shape index (κ3) is 3.02. The molecule has 0 bridgehead atoms. The van der Waals surface area contributed by atoms with E-state index in [1.165, 1.54) is 16.7 Å². The van der Waals surface area contributed by atoms with Gasteiger partial charge in [0.2, 0.25) is 0 Å². The fourth-order valence-electron chi connectivity index (χ4n) is 2.18. The zero-order valence-electron chi connectivity index (χ0n) is 10.1. The Morgan fingerprint density at radius 3 is 3.12 bits per heavy atom. The first kappa shape index (κ1) is 12.5. The zero-order chi connectivity index (χ0) is 12.3. The van der Waals surface area contributed by atoms with Crippen molar-refractivity contribution >= 4 is 11.6 Å². The molecule has 0 unspecified atom stereocenters. The summed E-state index contributed by atoms with van der Waals surface area (Å²) >= 11 is 6.12. The van der Waals surface area contributed by atoms with E-state index in [-0.39, 0.29) is 0 Å². The Kier molecular flexibility index (Phi) is 4.08. The molecule has 1 aliphatic heterocycles. The Labute approximate surface area is 107 Å². The van der Waals surface area contributed by atoms with E-state index in [0.717, 1.165) is 36.6 Å². The molecule has 0 saturated heterocycles. The van der Waals surface area contributed by atoms with Crippen molar-refractivity contribution in [1.82, 2.24) is 0 Å². The Morgan fingerprint density at radius 2 is 2.35 bits per heavy atom. The summed E-state index contributed by atoms with van der Waals surface area (Å²) in [5, 5.41) is 0.802. The molecule has 92 valence electrons. The molecule has 0 aliphatic carbocycles. The fraction of sp³-hybridized carbons (Fsp3) is 0.429. The number of fused-ring (bicyclic) bond motifs is 1. The molecule has 0 fully saturated rings. The Morgan fingerprint density at radius 1 is 1.53 bits per heavy atom. The molecule has 1 aromatic carbocycles. The van der Waals surface area contributed by atoms with Crippen molar-refractivity contribution in [2.75, 3.05) is 13.2 Å². The van der Waals surface area contributed by atoms with Crippen molar-refractivity contribution in [1.29, 1.82) is 0 Å². The maximum absolute atomic E-state index is 6.12. The highest BCUT2D eigenvalue weighted by Gasteiger charge is 2.17. The van der Waals surface area contributed by atoms with Crippen LogP contribution >= 0.6 is 11.6 Å². The molecule has 0 atom stereocenters. The maximum atomic E-state index is 6.12. The van der Waals surface area contributed by atoms with E-state index in [4.69, 9.17) is 22.1 Å². The first-order chi connectivity index (χ1) is 8.20. The average Bonchev–Trinajstić information content (AvgIpc) is 2.74. The van der Waals surface area contributed by atoms with Crippen molar-refractivity contribution in [2.45, 2.75) is 26.2 Å². The minimum atomic E-state index is 0.696. The lowest BCUT2D eigenvalue weighted by Gasteiger charge is -2.09. The van der Waals surface area contributed by atoms with Crippen LogP contribution in [0.15, 0.2) is 23.8 Å². The highest BCUT2D eigenvalue weighted by Crippen LogP contribution is 2.34. The smallest absolute Gasteiger partial charge is 0.126 e. The molecule has 3 heteroatoms. The molecule has 1 aliphatic rings. The molecular formula is C14H18ClNO. The fourth-order valence-corrected chi connectivity index (χ4v) is 2.44. The third-order valence-corrected chi connectivity index (χ3v) is 3.17. The molecule has 1 aromatic rings. The summed E-state index contributed by atoms with van der Waals surface area (Å²) in [6.07, 6.45) is 4.97. The van der Waals surface area contributed by atoms with Crippen LogP contribution < -0.4 is 10.5 Å². The minimum Gasteiger partial charge on any atom is -0.493 e. The molecule has 2 N–H and O–H groups in total. The molecule has 17 heavy (non-hydrogen) atoms. The quantitative estimate of drug-likeness (QED) is 0.835. The highest BCUT2D eigenvalue weighted by atomic mass is 35.5. The second-order valence-corrected chi connectivity index (χ2v) is 4.89. The van der Waals surface area contributed by atoms with E-state index in [1.807, 2.05) is 12.1 Å². The number of hydrogen-bond acceptors (Lipinski definition) is 2. The van der Waals surface area contributed by atoms with Gasteiger partial charge >= 0.3 is 0 Å². The van der Waals surface area contributed by atoms with Crippen molar-refractivity contribution in [3.05, 3.63) is 39.9 Å². The van der Waals surface area contributed by atoms with Gasteiger partial charge in [-0.2, -0.15) is 0 Å². The van der Waals surface area contributed by atoms with Gasteiger partial charge in [-0.1, -0.05) is 23.3 Å². The number of hydrogen-bond donors (Lipinski definition) is 1. The summed E-state index contributed by atoms with van der Waals surface area (Å²) in [6, 6.07) is 4.01. The number of halogens is 1. The van der Waals surface area contributed by atoms with Crippen LogP contribution in [0.2, 0.25) is 5.02 Å². The van der Waals surface area contributed by atoms with Crippen molar-refractivity contribution in [3.63, 3.8) is 0 Å². The van der Waals surface area contributed by atoms with Crippen LogP contribution in [0.1, 0.15) is 24.5 Å². The SMILES string of the molecule is C/C(=C/CCN)Cc1cc(Cl)cc2c1OCC2. The van der Waals surface area contributed by atoms with Gasteiger partial charge in [-0.3, -0.25) is 0 Å². The summed E-state index contributed by atoms with van der Waals surface area (Å²) in [4.78, 5) is 0. The van der Waals surface area contributed by atoms with Crippen LogP contribution in [-0.4, -0.2) is 13.2 Å². The van der Waals surface area contributed by atoms with Gasteiger partial charge in [0.05, 0.1) is 6.61 Å². The summed E-state index contributed by atoms with van der Waals surface area (Å²) in [5.74, 6) is 1.04. The number of nitrogens with two attached hydrogens (primary N) is 1. The van der Waals surface area contributed by atoms with Gasteiger partial charge < -0.3 is 10.5 Å². The van der Waals surface area contributed by atoms with E-state index in [0.29, 0.717) is 6.54 Å². The van der Waals surface area contributed by atoms with E-state index >= 15 is 0 Å². The Balaban J connectivity index is 2.21. The van der Waals surface area contributed by atoms with E-state index in [2.05, 4.69) is 13.0 Å². The van der Waals surface area contributed by atoms with Gasteiger partial charge in [0.25, 0.3) is 0 Å². The first-order valence-electron chi connectivity index (χ1n) is 6.00.